The Morgan fingerprint density at radius 1 is 1.16 bits per heavy atom. The van der Waals surface area contributed by atoms with Crippen molar-refractivity contribution in [2.24, 2.45) is 0 Å². The van der Waals surface area contributed by atoms with Gasteiger partial charge in [-0.05, 0) is 57.9 Å². The predicted molar refractivity (Wildman–Crippen MR) is 118 cm³/mol. The van der Waals surface area contributed by atoms with Crippen LogP contribution in [0.3, 0.4) is 0 Å². The molecule has 2 aromatic rings. The van der Waals surface area contributed by atoms with Gasteiger partial charge in [0.15, 0.2) is 0 Å². The molecule has 8 heteroatoms. The summed E-state index contributed by atoms with van der Waals surface area (Å²) in [6, 6.07) is 6.18. The van der Waals surface area contributed by atoms with Crippen molar-refractivity contribution in [1.29, 1.82) is 0 Å². The third-order valence-corrected chi connectivity index (χ3v) is 5.38. The first-order valence-corrected chi connectivity index (χ1v) is 10.6. The van der Waals surface area contributed by atoms with E-state index >= 15 is 0 Å². The van der Waals surface area contributed by atoms with Gasteiger partial charge >= 0.3 is 6.09 Å². The minimum atomic E-state index is -0.526. The molecule has 1 aromatic heterocycles. The number of hydrogen-bond donors (Lipinski definition) is 1. The summed E-state index contributed by atoms with van der Waals surface area (Å²) >= 11 is 0. The molecule has 2 aliphatic rings. The maximum atomic E-state index is 13.0. The highest BCUT2D eigenvalue weighted by Gasteiger charge is 2.41. The number of ether oxygens (including phenoxy) is 1. The zero-order valence-corrected chi connectivity index (χ0v) is 18.7. The van der Waals surface area contributed by atoms with Crippen molar-refractivity contribution in [2.45, 2.75) is 52.7 Å². The van der Waals surface area contributed by atoms with E-state index in [0.29, 0.717) is 37.6 Å². The van der Waals surface area contributed by atoms with Crippen molar-refractivity contribution in [3.8, 4) is 0 Å². The molecule has 0 atom stereocenters. The number of rotatable bonds is 3. The summed E-state index contributed by atoms with van der Waals surface area (Å²) < 4.78 is 5.39. The molecule has 1 fully saturated rings. The van der Waals surface area contributed by atoms with Gasteiger partial charge in [0, 0.05) is 37.9 Å². The van der Waals surface area contributed by atoms with E-state index in [1.54, 1.807) is 11.1 Å². The second kappa shape index (κ2) is 7.83. The first kappa shape index (κ1) is 21.1. The molecule has 8 nitrogen and oxygen atoms in total. The van der Waals surface area contributed by atoms with Gasteiger partial charge < -0.3 is 19.9 Å². The number of nitrogens with zero attached hydrogens (tertiary/aromatic N) is 4. The topological polar surface area (TPSA) is 87.7 Å². The monoisotopic (exact) mass is 423 g/mol. The average Bonchev–Trinajstić information content (AvgIpc) is 2.60. The van der Waals surface area contributed by atoms with Gasteiger partial charge in [-0.1, -0.05) is 6.07 Å². The van der Waals surface area contributed by atoms with Gasteiger partial charge in [0.1, 0.15) is 5.60 Å². The van der Waals surface area contributed by atoms with Gasteiger partial charge in [-0.3, -0.25) is 4.79 Å². The van der Waals surface area contributed by atoms with Crippen LogP contribution in [0, 0.1) is 13.8 Å². The molecule has 0 saturated carbocycles. The molecular weight excluding hydrogens is 394 g/mol. The van der Waals surface area contributed by atoms with Crippen LogP contribution in [-0.4, -0.2) is 63.0 Å². The Hall–Kier alpha value is -3.16. The summed E-state index contributed by atoms with van der Waals surface area (Å²) in [6.45, 7) is 11.2. The number of carbonyl (C=O) groups excluding carboxylic acids is 2. The number of likely N-dealkylation sites (tertiary alicyclic amines) is 1. The van der Waals surface area contributed by atoms with E-state index in [0.717, 1.165) is 22.5 Å². The van der Waals surface area contributed by atoms with E-state index in [2.05, 4.69) is 21.4 Å². The van der Waals surface area contributed by atoms with Crippen LogP contribution in [0.15, 0.2) is 24.4 Å². The Bertz CT molecular complexity index is 1000. The molecule has 3 heterocycles. The molecule has 31 heavy (non-hydrogen) atoms. The van der Waals surface area contributed by atoms with Crippen LogP contribution in [0.5, 0.6) is 0 Å². The van der Waals surface area contributed by atoms with E-state index in [1.807, 2.05) is 51.7 Å². The summed E-state index contributed by atoms with van der Waals surface area (Å²) in [5.41, 5.74) is 4.01. The number of fused-ring (bicyclic) bond motifs is 1. The normalized spacial score (nSPS) is 16.6. The van der Waals surface area contributed by atoms with Crippen molar-refractivity contribution in [3.05, 3.63) is 46.8 Å². The molecule has 2 aliphatic heterocycles. The third-order valence-electron chi connectivity index (χ3n) is 5.38. The molecule has 4 rings (SSSR count). The van der Waals surface area contributed by atoms with Gasteiger partial charge in [-0.25, -0.2) is 14.8 Å². The highest BCUT2D eigenvalue weighted by atomic mass is 16.6. The fourth-order valence-corrected chi connectivity index (χ4v) is 3.98. The summed E-state index contributed by atoms with van der Waals surface area (Å²) in [5, 5.41) is 3.24. The van der Waals surface area contributed by atoms with Crippen LogP contribution in [0.2, 0.25) is 0 Å². The molecule has 1 saturated heterocycles. The largest absolute Gasteiger partial charge is 0.444 e. The highest BCUT2D eigenvalue weighted by molar-refractivity contribution is 5.96. The van der Waals surface area contributed by atoms with Crippen molar-refractivity contribution >= 4 is 23.6 Å². The second-order valence-electron chi connectivity index (χ2n) is 9.34. The maximum absolute atomic E-state index is 13.0. The molecule has 0 unspecified atom stereocenters. The average molecular weight is 424 g/mol. The molecule has 1 aromatic carbocycles. The molecule has 164 valence electrons. The van der Waals surface area contributed by atoms with Crippen LogP contribution in [-0.2, 0) is 11.2 Å². The number of anilines is 2. The summed E-state index contributed by atoms with van der Waals surface area (Å²) in [5.74, 6) is 0.415. The van der Waals surface area contributed by atoms with Gasteiger partial charge in [0.25, 0.3) is 5.91 Å². The fraction of sp³-hybridized carbons (Fsp3) is 0.478. The van der Waals surface area contributed by atoms with Crippen molar-refractivity contribution < 1.29 is 14.3 Å². The Morgan fingerprint density at radius 3 is 2.48 bits per heavy atom. The van der Waals surface area contributed by atoms with Crippen LogP contribution >= 0.6 is 0 Å². The smallest absolute Gasteiger partial charge is 0.410 e. The van der Waals surface area contributed by atoms with E-state index in [9.17, 15) is 9.59 Å². The van der Waals surface area contributed by atoms with E-state index in [-0.39, 0.29) is 18.0 Å². The number of nitrogens with one attached hydrogen (secondary N) is 1. The van der Waals surface area contributed by atoms with Crippen molar-refractivity contribution in [3.63, 3.8) is 0 Å². The lowest BCUT2D eigenvalue weighted by Gasteiger charge is -2.46. The first-order chi connectivity index (χ1) is 14.6. The Balaban J connectivity index is 1.40. The highest BCUT2D eigenvalue weighted by Crippen LogP contribution is 2.26. The Kier molecular flexibility index (Phi) is 5.33. The molecule has 0 bridgehead atoms. The molecule has 1 N–H and O–H groups in total. The van der Waals surface area contributed by atoms with Gasteiger partial charge in [0.2, 0.25) is 5.95 Å². The molecule has 2 amide bonds. The van der Waals surface area contributed by atoms with Gasteiger partial charge in [0.05, 0.1) is 17.3 Å². The number of aryl methyl sites for hydroxylation is 2. The SMILES string of the molecule is Cc1cc(C)cc(Nc2ncc3c(n2)CCN(C2CN(C(=O)OC(C)(C)C)C2)C3=O)c1. The minimum absolute atomic E-state index is 0.00115. The molecule has 0 radical (unpaired) electrons. The number of carbonyl (C=O) groups is 2. The zero-order chi connectivity index (χ0) is 22.3. The number of hydrogen-bond acceptors (Lipinski definition) is 6. The standard InChI is InChI=1S/C23H29N5O3/c1-14-8-15(2)10-16(9-14)25-21-24-11-18-19(26-21)6-7-28(20(18)29)17-12-27(13-17)22(30)31-23(3,4)5/h8-11,17H,6-7,12-13H2,1-5H3,(H,24,25,26). The van der Waals surface area contributed by atoms with Gasteiger partial charge in [-0.15, -0.1) is 0 Å². The molecule has 0 aliphatic carbocycles. The van der Waals surface area contributed by atoms with Crippen LogP contribution in [0.4, 0.5) is 16.4 Å². The van der Waals surface area contributed by atoms with Crippen LogP contribution in [0.25, 0.3) is 0 Å². The lowest BCUT2D eigenvalue weighted by molar-refractivity contribution is -0.0134. The maximum Gasteiger partial charge on any atom is 0.410 e. The van der Waals surface area contributed by atoms with Crippen molar-refractivity contribution in [2.75, 3.05) is 25.0 Å². The van der Waals surface area contributed by atoms with Crippen LogP contribution < -0.4 is 5.32 Å². The number of aromatic nitrogens is 2. The summed E-state index contributed by atoms with van der Waals surface area (Å²) in [7, 11) is 0. The third kappa shape index (κ3) is 4.62. The molecular formula is C23H29N5O3. The van der Waals surface area contributed by atoms with E-state index in [1.165, 1.54) is 0 Å². The first-order valence-electron chi connectivity index (χ1n) is 10.6. The summed E-state index contributed by atoms with van der Waals surface area (Å²) in [6.07, 6.45) is 1.93. The Morgan fingerprint density at radius 2 is 1.84 bits per heavy atom. The number of amides is 2. The van der Waals surface area contributed by atoms with Crippen LogP contribution in [0.1, 0.15) is 48.0 Å². The van der Waals surface area contributed by atoms with E-state index < -0.39 is 5.60 Å². The van der Waals surface area contributed by atoms with Crippen molar-refractivity contribution in [1.82, 2.24) is 19.8 Å². The number of benzene rings is 1. The zero-order valence-electron chi connectivity index (χ0n) is 18.7. The quantitative estimate of drug-likeness (QED) is 0.814. The minimum Gasteiger partial charge on any atom is -0.444 e. The van der Waals surface area contributed by atoms with E-state index in [4.69, 9.17) is 4.74 Å². The predicted octanol–water partition coefficient (Wildman–Crippen LogP) is 3.45. The second-order valence-corrected chi connectivity index (χ2v) is 9.34. The lowest BCUT2D eigenvalue weighted by atomic mass is 10.0. The van der Waals surface area contributed by atoms with Gasteiger partial charge in [-0.2, -0.15) is 0 Å². The summed E-state index contributed by atoms with van der Waals surface area (Å²) in [4.78, 5) is 37.6. The molecule has 0 spiro atoms. The fourth-order valence-electron chi connectivity index (χ4n) is 3.98. The Labute approximate surface area is 182 Å². The lowest BCUT2D eigenvalue weighted by Crippen LogP contribution is -2.63.